The molecule has 43 heavy (non-hydrogen) atoms. The minimum absolute atomic E-state index is 0.0538. The first-order chi connectivity index (χ1) is 20.6. The summed E-state index contributed by atoms with van der Waals surface area (Å²) in [5.74, 6) is 1.91. The maximum Gasteiger partial charge on any atom is 0.223 e. The van der Waals surface area contributed by atoms with Crippen molar-refractivity contribution in [3.8, 4) is 34.5 Å². The second-order valence-corrected chi connectivity index (χ2v) is 10.9. The lowest BCUT2D eigenvalue weighted by Gasteiger charge is -2.57. The molecule has 2 aliphatic rings. The maximum atomic E-state index is 13.1. The molecule has 2 aliphatic carbocycles. The predicted molar refractivity (Wildman–Crippen MR) is 162 cm³/mol. The summed E-state index contributed by atoms with van der Waals surface area (Å²) in [6.07, 6.45) is 5.29. The van der Waals surface area contributed by atoms with Crippen LogP contribution in [0.5, 0.6) is 34.5 Å². The third kappa shape index (κ3) is 4.94. The predicted octanol–water partition coefficient (Wildman–Crippen LogP) is 6.02. The number of allylic oxidation sites excluding steroid dienone is 3. The van der Waals surface area contributed by atoms with Gasteiger partial charge in [-0.05, 0) is 41.9 Å². The summed E-state index contributed by atoms with van der Waals surface area (Å²) >= 11 is 0. The summed E-state index contributed by atoms with van der Waals surface area (Å²) in [6, 6.07) is 7.14. The molecule has 1 fully saturated rings. The van der Waals surface area contributed by atoms with Crippen molar-refractivity contribution < 1.29 is 43.1 Å². The third-order valence-electron chi connectivity index (χ3n) is 9.25. The number of ketones is 1. The molecule has 0 amide bonds. The van der Waals surface area contributed by atoms with Gasteiger partial charge < -0.3 is 38.3 Å². The van der Waals surface area contributed by atoms with E-state index in [9.17, 15) is 9.90 Å². The fourth-order valence-electron chi connectivity index (χ4n) is 7.54. The van der Waals surface area contributed by atoms with Crippen LogP contribution >= 0.6 is 0 Å². The van der Waals surface area contributed by atoms with Crippen LogP contribution in [0.25, 0.3) is 0 Å². The lowest BCUT2D eigenvalue weighted by atomic mass is 9.46. The van der Waals surface area contributed by atoms with Gasteiger partial charge in [0.1, 0.15) is 17.3 Å². The van der Waals surface area contributed by atoms with Crippen LogP contribution in [-0.4, -0.2) is 60.7 Å². The van der Waals surface area contributed by atoms with Crippen molar-refractivity contribution in [1.82, 2.24) is 0 Å². The summed E-state index contributed by atoms with van der Waals surface area (Å²) < 4.78 is 40.3. The largest absolute Gasteiger partial charge is 0.504 e. The molecule has 0 aromatic heterocycles. The van der Waals surface area contributed by atoms with Crippen molar-refractivity contribution in [1.29, 1.82) is 0 Å². The van der Waals surface area contributed by atoms with Gasteiger partial charge in [-0.25, -0.2) is 0 Å². The summed E-state index contributed by atoms with van der Waals surface area (Å²) in [4.78, 5) is 13.1. The number of hydrogen-bond donors (Lipinski definition) is 1. The van der Waals surface area contributed by atoms with E-state index in [-0.39, 0.29) is 46.7 Å². The first-order valence-electron chi connectivity index (χ1n) is 14.1. The molecule has 0 aliphatic heterocycles. The number of hydrogen-bond acceptors (Lipinski definition) is 9. The Kier molecular flexibility index (Phi) is 9.23. The fourth-order valence-corrected chi connectivity index (χ4v) is 7.54. The molecule has 2 aromatic rings. The smallest absolute Gasteiger partial charge is 0.223 e. The van der Waals surface area contributed by atoms with Gasteiger partial charge in [-0.3, -0.25) is 4.79 Å². The van der Waals surface area contributed by atoms with Crippen molar-refractivity contribution in [2.24, 2.45) is 23.2 Å². The van der Waals surface area contributed by atoms with E-state index >= 15 is 0 Å². The number of aromatic hydroxyl groups is 1. The number of methoxy groups -OCH3 is 7. The van der Waals surface area contributed by atoms with E-state index < -0.39 is 11.3 Å². The van der Waals surface area contributed by atoms with Crippen LogP contribution in [0.2, 0.25) is 0 Å². The molecule has 1 spiro atoms. The highest BCUT2D eigenvalue weighted by atomic mass is 16.5. The van der Waals surface area contributed by atoms with Gasteiger partial charge in [0.25, 0.3) is 0 Å². The SMILES string of the molecule is C=C[C@H]1[C@H](C)[C@H](c2cc(OC)c(OC)cc2OC)[C@@H](C)[C@H](c2cc(OC)c(O)cc2OC)[C@@]12C=C(OC)C(=O)C=C2OC. The Morgan fingerprint density at radius 3 is 1.81 bits per heavy atom. The Morgan fingerprint density at radius 1 is 0.721 bits per heavy atom. The lowest BCUT2D eigenvalue weighted by Crippen LogP contribution is -2.51. The molecule has 232 valence electrons. The van der Waals surface area contributed by atoms with Gasteiger partial charge in [0.05, 0.1) is 55.2 Å². The summed E-state index contributed by atoms with van der Waals surface area (Å²) in [5, 5.41) is 10.7. The number of phenolic OH excluding ortho intramolecular Hbond substituents is 1. The number of benzene rings is 2. The van der Waals surface area contributed by atoms with Crippen LogP contribution in [0, 0.1) is 23.2 Å². The zero-order valence-corrected chi connectivity index (χ0v) is 26.3. The Morgan fingerprint density at radius 2 is 1.28 bits per heavy atom. The van der Waals surface area contributed by atoms with E-state index in [0.29, 0.717) is 28.8 Å². The average Bonchev–Trinajstić information content (AvgIpc) is 3.01. The molecule has 1 saturated carbocycles. The molecule has 9 heteroatoms. The van der Waals surface area contributed by atoms with Gasteiger partial charge in [0.2, 0.25) is 5.78 Å². The highest BCUT2D eigenvalue weighted by Crippen LogP contribution is 2.67. The van der Waals surface area contributed by atoms with Crippen LogP contribution in [0.4, 0.5) is 0 Å². The number of carbonyl (C=O) groups is 1. The molecular weight excluding hydrogens is 552 g/mol. The zero-order valence-electron chi connectivity index (χ0n) is 26.3. The van der Waals surface area contributed by atoms with Crippen molar-refractivity contribution in [3.63, 3.8) is 0 Å². The topological polar surface area (TPSA) is 102 Å². The molecular formula is C34H42O9. The van der Waals surface area contributed by atoms with Gasteiger partial charge in [-0.15, -0.1) is 6.58 Å². The average molecular weight is 595 g/mol. The minimum atomic E-state index is -0.926. The van der Waals surface area contributed by atoms with E-state index in [1.807, 2.05) is 24.3 Å². The van der Waals surface area contributed by atoms with Crippen molar-refractivity contribution in [2.75, 3.05) is 49.8 Å². The number of carbonyl (C=O) groups excluding carboxylic acids is 1. The molecule has 0 saturated heterocycles. The molecule has 0 radical (unpaired) electrons. The quantitative estimate of drug-likeness (QED) is 0.331. The second-order valence-electron chi connectivity index (χ2n) is 10.9. The Labute approximate surface area is 253 Å². The van der Waals surface area contributed by atoms with E-state index in [1.165, 1.54) is 20.3 Å². The van der Waals surface area contributed by atoms with Gasteiger partial charge >= 0.3 is 0 Å². The highest BCUT2D eigenvalue weighted by molar-refractivity contribution is 6.04. The first-order valence-corrected chi connectivity index (χ1v) is 14.1. The van der Waals surface area contributed by atoms with E-state index in [0.717, 1.165) is 11.1 Å². The Balaban J connectivity index is 2.13. The Bertz CT molecular complexity index is 1440. The Hall–Kier alpha value is -4.27. The monoisotopic (exact) mass is 594 g/mol. The number of ether oxygens (including phenoxy) is 7. The van der Waals surface area contributed by atoms with E-state index in [2.05, 4.69) is 20.4 Å². The molecule has 0 unspecified atom stereocenters. The molecule has 0 heterocycles. The van der Waals surface area contributed by atoms with Crippen LogP contribution in [0.1, 0.15) is 36.8 Å². The van der Waals surface area contributed by atoms with Crippen LogP contribution in [0.3, 0.4) is 0 Å². The second kappa shape index (κ2) is 12.5. The van der Waals surface area contributed by atoms with Gasteiger partial charge in [-0.1, -0.05) is 19.9 Å². The van der Waals surface area contributed by atoms with E-state index in [4.69, 9.17) is 33.2 Å². The maximum absolute atomic E-state index is 13.1. The molecule has 4 rings (SSSR count). The normalized spacial score (nSPS) is 26.6. The molecule has 0 bridgehead atoms. The van der Waals surface area contributed by atoms with E-state index in [1.54, 1.807) is 47.7 Å². The fraction of sp³-hybridized carbons (Fsp3) is 0.441. The van der Waals surface area contributed by atoms with Gasteiger partial charge in [0.15, 0.2) is 28.8 Å². The molecule has 9 nitrogen and oxygen atoms in total. The van der Waals surface area contributed by atoms with Crippen LogP contribution < -0.4 is 23.7 Å². The van der Waals surface area contributed by atoms with Crippen molar-refractivity contribution in [2.45, 2.75) is 25.7 Å². The molecule has 2 aromatic carbocycles. The lowest BCUT2D eigenvalue weighted by molar-refractivity contribution is -0.115. The summed E-state index contributed by atoms with van der Waals surface area (Å²) in [6.45, 7) is 8.61. The highest BCUT2D eigenvalue weighted by Gasteiger charge is 2.60. The minimum Gasteiger partial charge on any atom is -0.504 e. The van der Waals surface area contributed by atoms with Gasteiger partial charge in [-0.2, -0.15) is 0 Å². The number of rotatable bonds is 10. The first kappa shape index (κ1) is 31.7. The molecule has 1 N–H and O–H groups in total. The zero-order chi connectivity index (χ0) is 31.6. The summed E-state index contributed by atoms with van der Waals surface area (Å²) in [5.41, 5.74) is 0.767. The standard InChI is InChI=1S/C34H42O9/c1-11-22-18(2)32(20-12-28(40-7)29(41-8)16-26(20)38-5)19(3)33(21-13-27(39-6)23(35)14-25(21)37-4)34(22)17-30(42-9)24(36)15-31(34)43-10/h11-19,22,32-33,35H,1H2,2-10H3/t18-,19+,22-,32-,33+,34-/m0/s1. The van der Waals surface area contributed by atoms with Crippen molar-refractivity contribution in [3.05, 3.63) is 71.7 Å². The number of phenols is 1. The van der Waals surface area contributed by atoms with Crippen LogP contribution in [0.15, 0.2) is 60.6 Å². The van der Waals surface area contributed by atoms with Crippen LogP contribution in [-0.2, 0) is 14.3 Å². The van der Waals surface area contributed by atoms with Gasteiger partial charge in [0, 0.05) is 35.3 Å². The summed E-state index contributed by atoms with van der Waals surface area (Å²) in [7, 11) is 10.9. The third-order valence-corrected chi connectivity index (χ3v) is 9.25. The molecule has 6 atom stereocenters. The van der Waals surface area contributed by atoms with Crippen molar-refractivity contribution >= 4 is 5.78 Å².